The zero-order valence-electron chi connectivity index (χ0n) is 23.8. The van der Waals surface area contributed by atoms with E-state index < -0.39 is 0 Å². The number of benzene rings is 2. The molecule has 0 spiro atoms. The maximum absolute atomic E-state index is 5.98. The molecular weight excluding hydrogens is 534 g/mol. The lowest BCUT2D eigenvalue weighted by Crippen LogP contribution is -2.36. The maximum Gasteiger partial charge on any atom is 0.174 e. The van der Waals surface area contributed by atoms with Gasteiger partial charge in [-0.05, 0) is 86.2 Å². The molecule has 0 unspecified atom stereocenters. The van der Waals surface area contributed by atoms with Crippen molar-refractivity contribution in [2.45, 2.75) is 25.9 Å². The molecule has 2 saturated heterocycles. The van der Waals surface area contributed by atoms with E-state index in [1.165, 1.54) is 11.3 Å². The van der Waals surface area contributed by atoms with Crippen LogP contribution in [0.4, 0.5) is 11.4 Å². The van der Waals surface area contributed by atoms with Crippen LogP contribution in [0.25, 0.3) is 5.69 Å². The van der Waals surface area contributed by atoms with Gasteiger partial charge in [0.2, 0.25) is 0 Å². The Balaban J connectivity index is 1.44. The van der Waals surface area contributed by atoms with Crippen molar-refractivity contribution in [3.8, 4) is 17.2 Å². The summed E-state index contributed by atoms with van der Waals surface area (Å²) in [6, 6.07) is 22.6. The van der Waals surface area contributed by atoms with E-state index in [4.69, 9.17) is 31.4 Å². The van der Waals surface area contributed by atoms with Gasteiger partial charge in [-0.15, -0.1) is 0 Å². The van der Waals surface area contributed by atoms with Crippen molar-refractivity contribution in [2.24, 2.45) is 0 Å². The molecule has 0 amide bonds. The topological polar surface area (TPSA) is 64.0 Å². The largest absolute Gasteiger partial charge is 0.497 e. The molecule has 0 aliphatic carbocycles. The molecule has 2 atom stereocenters. The fraction of sp³-hybridized carbons (Fsp3) is 0.312. The van der Waals surface area contributed by atoms with Crippen molar-refractivity contribution < 1.29 is 14.2 Å². The SMILES string of the molecule is COc1ccc(N2C(=S)N[C@@H](c3ccccn3)[C@@H]2c2cc(C)n(-c3ccc(N4CCOCC4)cc3)c2C)c(OC)c1. The molecule has 4 aromatic rings. The second-order valence-corrected chi connectivity index (χ2v) is 10.7. The first-order valence-corrected chi connectivity index (χ1v) is 14.3. The first-order valence-electron chi connectivity index (χ1n) is 13.8. The molecule has 2 fully saturated rings. The number of ether oxygens (including phenoxy) is 3. The second kappa shape index (κ2) is 11.4. The molecule has 4 heterocycles. The third-order valence-electron chi connectivity index (χ3n) is 8.02. The molecule has 2 aliphatic rings. The number of methoxy groups -OCH3 is 2. The number of morpholine rings is 1. The van der Waals surface area contributed by atoms with E-state index in [0.29, 0.717) is 10.9 Å². The standard InChI is InChI=1S/C32H35N5O3S/c1-21-19-26(22(2)36(21)24-10-8-23(9-11-24)35-15-17-40-18-16-35)31-30(27-7-5-6-14-33-27)34-32(41)37(31)28-13-12-25(38-3)20-29(28)39-4/h5-14,19-20,30-31H,15-18H2,1-4H3,(H,34,41)/t30-,31-/m0/s1. The average Bonchev–Trinajstić information content (AvgIpc) is 3.52. The molecule has 2 aliphatic heterocycles. The van der Waals surface area contributed by atoms with E-state index in [9.17, 15) is 0 Å². The Morgan fingerprint density at radius 2 is 1.68 bits per heavy atom. The maximum atomic E-state index is 5.98. The summed E-state index contributed by atoms with van der Waals surface area (Å²) in [7, 11) is 3.32. The van der Waals surface area contributed by atoms with Gasteiger partial charge in [0, 0.05) is 48.1 Å². The van der Waals surface area contributed by atoms with Gasteiger partial charge in [0.05, 0.1) is 50.9 Å². The molecule has 0 saturated carbocycles. The van der Waals surface area contributed by atoms with Crippen molar-refractivity contribution in [2.75, 3.05) is 50.3 Å². The Kier molecular flexibility index (Phi) is 7.55. The van der Waals surface area contributed by atoms with Gasteiger partial charge < -0.3 is 33.9 Å². The highest BCUT2D eigenvalue weighted by Gasteiger charge is 2.43. The summed E-state index contributed by atoms with van der Waals surface area (Å²) in [6.07, 6.45) is 1.83. The van der Waals surface area contributed by atoms with E-state index >= 15 is 0 Å². The molecule has 9 heteroatoms. The minimum absolute atomic E-state index is 0.159. The molecule has 2 aromatic carbocycles. The van der Waals surface area contributed by atoms with Crippen LogP contribution in [0.3, 0.4) is 0 Å². The third-order valence-corrected chi connectivity index (χ3v) is 8.33. The lowest BCUT2D eigenvalue weighted by atomic mass is 9.96. The number of nitrogens with zero attached hydrogens (tertiary/aromatic N) is 4. The fourth-order valence-corrected chi connectivity index (χ4v) is 6.37. The van der Waals surface area contributed by atoms with Crippen LogP contribution in [0.5, 0.6) is 11.5 Å². The predicted octanol–water partition coefficient (Wildman–Crippen LogP) is 5.52. The smallest absolute Gasteiger partial charge is 0.174 e. The lowest BCUT2D eigenvalue weighted by Gasteiger charge is -2.29. The summed E-state index contributed by atoms with van der Waals surface area (Å²) in [4.78, 5) is 9.24. The molecule has 1 N–H and O–H groups in total. The average molecular weight is 570 g/mol. The first-order chi connectivity index (χ1) is 20.0. The summed E-state index contributed by atoms with van der Waals surface area (Å²) in [5.74, 6) is 1.41. The minimum Gasteiger partial charge on any atom is -0.497 e. The van der Waals surface area contributed by atoms with E-state index in [0.717, 1.165) is 60.5 Å². The number of pyridine rings is 1. The summed E-state index contributed by atoms with van der Waals surface area (Å²) < 4.78 is 19.1. The van der Waals surface area contributed by atoms with Crippen molar-refractivity contribution in [1.29, 1.82) is 0 Å². The molecule has 0 bridgehead atoms. The van der Waals surface area contributed by atoms with E-state index in [2.05, 4.69) is 63.9 Å². The normalized spacial score (nSPS) is 18.9. The van der Waals surface area contributed by atoms with Gasteiger partial charge in [-0.1, -0.05) is 6.07 Å². The van der Waals surface area contributed by atoms with Gasteiger partial charge in [-0.3, -0.25) is 4.98 Å². The number of rotatable bonds is 7. The quantitative estimate of drug-likeness (QED) is 0.292. The van der Waals surface area contributed by atoms with Gasteiger partial charge in [0.15, 0.2) is 5.11 Å². The fourth-order valence-electron chi connectivity index (χ4n) is 6.03. The number of anilines is 2. The Labute approximate surface area is 246 Å². The molecule has 8 nitrogen and oxygen atoms in total. The Hall–Kier alpha value is -4.08. The summed E-state index contributed by atoms with van der Waals surface area (Å²) >= 11 is 5.98. The first kappa shape index (κ1) is 27.1. The van der Waals surface area contributed by atoms with Crippen LogP contribution in [0.2, 0.25) is 0 Å². The van der Waals surface area contributed by atoms with Crippen molar-refractivity contribution >= 4 is 28.7 Å². The summed E-state index contributed by atoms with van der Waals surface area (Å²) in [5.41, 5.74) is 7.61. The highest BCUT2D eigenvalue weighted by atomic mass is 32.1. The van der Waals surface area contributed by atoms with Crippen LogP contribution in [0.1, 0.15) is 34.7 Å². The highest BCUT2D eigenvalue weighted by molar-refractivity contribution is 7.80. The molecule has 0 radical (unpaired) electrons. The number of nitrogens with one attached hydrogen (secondary N) is 1. The van der Waals surface area contributed by atoms with Gasteiger partial charge in [-0.2, -0.15) is 0 Å². The summed E-state index contributed by atoms with van der Waals surface area (Å²) in [5, 5.41) is 4.19. The number of aromatic nitrogens is 2. The number of aryl methyl sites for hydroxylation is 1. The number of thiocarbonyl (C=S) groups is 1. The molecule has 212 valence electrons. The van der Waals surface area contributed by atoms with Crippen LogP contribution < -0.4 is 24.6 Å². The zero-order chi connectivity index (χ0) is 28.5. The Morgan fingerprint density at radius 1 is 0.927 bits per heavy atom. The van der Waals surface area contributed by atoms with Crippen LogP contribution in [-0.4, -0.2) is 55.2 Å². The van der Waals surface area contributed by atoms with Gasteiger partial charge in [0.1, 0.15) is 11.5 Å². The van der Waals surface area contributed by atoms with Gasteiger partial charge in [0.25, 0.3) is 0 Å². The second-order valence-electron chi connectivity index (χ2n) is 10.3. The molecule has 41 heavy (non-hydrogen) atoms. The van der Waals surface area contributed by atoms with Gasteiger partial charge >= 0.3 is 0 Å². The molecule has 2 aromatic heterocycles. The van der Waals surface area contributed by atoms with Gasteiger partial charge in [-0.25, -0.2) is 0 Å². The van der Waals surface area contributed by atoms with Crippen LogP contribution in [0.15, 0.2) is 72.9 Å². The van der Waals surface area contributed by atoms with E-state index in [1.807, 2.05) is 42.6 Å². The molecular formula is C32H35N5O3S. The van der Waals surface area contributed by atoms with Crippen LogP contribution in [-0.2, 0) is 4.74 Å². The zero-order valence-corrected chi connectivity index (χ0v) is 24.6. The third kappa shape index (κ3) is 5.00. The number of hydrogen-bond acceptors (Lipinski definition) is 6. The van der Waals surface area contributed by atoms with Crippen molar-refractivity contribution in [3.63, 3.8) is 0 Å². The predicted molar refractivity (Wildman–Crippen MR) is 166 cm³/mol. The number of hydrogen-bond donors (Lipinski definition) is 1. The Morgan fingerprint density at radius 3 is 2.37 bits per heavy atom. The van der Waals surface area contributed by atoms with Crippen LogP contribution in [0, 0.1) is 13.8 Å². The molecule has 6 rings (SSSR count). The minimum atomic E-state index is -0.160. The van der Waals surface area contributed by atoms with Crippen molar-refractivity contribution in [1.82, 2.24) is 14.9 Å². The van der Waals surface area contributed by atoms with E-state index in [1.54, 1.807) is 14.2 Å². The monoisotopic (exact) mass is 569 g/mol. The van der Waals surface area contributed by atoms with Crippen LogP contribution >= 0.6 is 12.2 Å². The summed E-state index contributed by atoms with van der Waals surface area (Å²) in [6.45, 7) is 7.70. The Bertz CT molecular complexity index is 1530. The van der Waals surface area contributed by atoms with Crippen molar-refractivity contribution in [3.05, 3.63) is 95.6 Å². The van der Waals surface area contributed by atoms with E-state index in [-0.39, 0.29) is 12.1 Å². The lowest BCUT2D eigenvalue weighted by molar-refractivity contribution is 0.122. The highest BCUT2D eigenvalue weighted by Crippen LogP contribution is 2.46.